The van der Waals surface area contributed by atoms with Gasteiger partial charge < -0.3 is 19.9 Å². The van der Waals surface area contributed by atoms with E-state index in [1.54, 1.807) is 18.0 Å². The third-order valence-corrected chi connectivity index (χ3v) is 2.59. The Labute approximate surface area is 114 Å². The zero-order valence-corrected chi connectivity index (χ0v) is 11.8. The smallest absolute Gasteiger partial charge is 0.239 e. The molecule has 1 heterocycles. The third kappa shape index (κ3) is 6.93. The lowest BCUT2D eigenvalue weighted by Gasteiger charge is -2.05. The maximum absolute atomic E-state index is 11.6. The summed E-state index contributed by atoms with van der Waals surface area (Å²) in [7, 11) is 1.65. The molecule has 0 aliphatic rings. The van der Waals surface area contributed by atoms with Gasteiger partial charge in [0.05, 0.1) is 12.0 Å². The maximum atomic E-state index is 11.6. The lowest BCUT2D eigenvalue weighted by molar-refractivity contribution is -0.121. The molecule has 0 bridgehead atoms. The highest BCUT2D eigenvalue weighted by molar-refractivity contribution is 5.75. The SMILES string of the molecule is CCCNCc1cn(CC(=O)NCCCOC)cn1. The summed E-state index contributed by atoms with van der Waals surface area (Å²) in [5.41, 5.74) is 0.959. The molecule has 0 aliphatic carbocycles. The van der Waals surface area contributed by atoms with Gasteiger partial charge in [0.2, 0.25) is 5.91 Å². The summed E-state index contributed by atoms with van der Waals surface area (Å²) in [6, 6.07) is 0. The van der Waals surface area contributed by atoms with Crippen molar-refractivity contribution in [1.82, 2.24) is 20.2 Å². The second-order valence-corrected chi connectivity index (χ2v) is 4.41. The molecule has 2 N–H and O–H groups in total. The van der Waals surface area contributed by atoms with Crippen LogP contribution in [0.3, 0.4) is 0 Å². The molecule has 1 rings (SSSR count). The second kappa shape index (κ2) is 9.52. The Kier molecular flexibility index (Phi) is 7.84. The monoisotopic (exact) mass is 268 g/mol. The molecule has 108 valence electrons. The van der Waals surface area contributed by atoms with E-state index < -0.39 is 0 Å². The lowest BCUT2D eigenvalue weighted by atomic mass is 10.4. The van der Waals surface area contributed by atoms with E-state index >= 15 is 0 Å². The average molecular weight is 268 g/mol. The molecule has 0 spiro atoms. The highest BCUT2D eigenvalue weighted by Crippen LogP contribution is 1.96. The number of nitrogens with one attached hydrogen (secondary N) is 2. The number of amides is 1. The zero-order valence-electron chi connectivity index (χ0n) is 11.8. The lowest BCUT2D eigenvalue weighted by Crippen LogP contribution is -2.28. The number of nitrogens with zero attached hydrogens (tertiary/aromatic N) is 2. The first-order chi connectivity index (χ1) is 9.26. The van der Waals surface area contributed by atoms with Gasteiger partial charge in [-0.2, -0.15) is 0 Å². The Morgan fingerprint density at radius 2 is 2.32 bits per heavy atom. The quantitative estimate of drug-likeness (QED) is 0.608. The highest BCUT2D eigenvalue weighted by atomic mass is 16.5. The standard InChI is InChI=1S/C13H24N4O2/c1-3-5-14-8-12-9-17(11-16-12)10-13(18)15-6-4-7-19-2/h9,11,14H,3-8,10H2,1-2H3,(H,15,18). The predicted octanol–water partition coefficient (Wildman–Crippen LogP) is 0.535. The molecule has 19 heavy (non-hydrogen) atoms. The van der Waals surface area contributed by atoms with Crippen LogP contribution in [-0.2, 0) is 22.6 Å². The largest absolute Gasteiger partial charge is 0.385 e. The van der Waals surface area contributed by atoms with Crippen LogP contribution in [0.4, 0.5) is 0 Å². The Morgan fingerprint density at radius 3 is 3.05 bits per heavy atom. The fourth-order valence-electron chi connectivity index (χ4n) is 1.64. The minimum absolute atomic E-state index is 0.00145. The number of hydrogen-bond acceptors (Lipinski definition) is 4. The maximum Gasteiger partial charge on any atom is 0.239 e. The number of rotatable bonds is 10. The summed E-state index contributed by atoms with van der Waals surface area (Å²) >= 11 is 0. The molecule has 0 saturated carbocycles. The van der Waals surface area contributed by atoms with Crippen LogP contribution in [0, 0.1) is 0 Å². The number of aromatic nitrogens is 2. The van der Waals surface area contributed by atoms with Crippen molar-refractivity contribution < 1.29 is 9.53 Å². The molecule has 0 radical (unpaired) electrons. The Balaban J connectivity index is 2.22. The fraction of sp³-hybridized carbons (Fsp3) is 0.692. The van der Waals surface area contributed by atoms with Crippen molar-refractivity contribution >= 4 is 5.91 Å². The predicted molar refractivity (Wildman–Crippen MR) is 73.7 cm³/mol. The van der Waals surface area contributed by atoms with Crippen LogP contribution in [0.15, 0.2) is 12.5 Å². The van der Waals surface area contributed by atoms with Gasteiger partial charge in [-0.15, -0.1) is 0 Å². The van der Waals surface area contributed by atoms with Crippen LogP contribution >= 0.6 is 0 Å². The number of hydrogen-bond donors (Lipinski definition) is 2. The zero-order chi connectivity index (χ0) is 13.9. The molecule has 6 nitrogen and oxygen atoms in total. The molecule has 1 aromatic heterocycles. The van der Waals surface area contributed by atoms with Crippen LogP contribution in [-0.4, -0.2) is 42.3 Å². The summed E-state index contributed by atoms with van der Waals surface area (Å²) < 4.78 is 6.72. The van der Waals surface area contributed by atoms with E-state index in [1.165, 1.54) is 0 Å². The Bertz CT molecular complexity index is 365. The van der Waals surface area contributed by atoms with Crippen molar-refractivity contribution in [1.29, 1.82) is 0 Å². The van der Waals surface area contributed by atoms with Gasteiger partial charge in [-0.1, -0.05) is 6.92 Å². The third-order valence-electron chi connectivity index (χ3n) is 2.59. The molecule has 0 aromatic carbocycles. The van der Waals surface area contributed by atoms with E-state index in [9.17, 15) is 4.79 Å². The van der Waals surface area contributed by atoms with Gasteiger partial charge in [-0.3, -0.25) is 4.79 Å². The van der Waals surface area contributed by atoms with Gasteiger partial charge in [-0.25, -0.2) is 4.98 Å². The summed E-state index contributed by atoms with van der Waals surface area (Å²) in [6.45, 7) is 5.47. The Hall–Kier alpha value is -1.40. The van der Waals surface area contributed by atoms with Crippen molar-refractivity contribution in [3.05, 3.63) is 18.2 Å². The van der Waals surface area contributed by atoms with Gasteiger partial charge in [0, 0.05) is 33.0 Å². The molecule has 0 atom stereocenters. The number of carbonyl (C=O) groups is 1. The molecule has 1 amide bonds. The number of carbonyl (C=O) groups excluding carboxylic acids is 1. The number of methoxy groups -OCH3 is 1. The van der Waals surface area contributed by atoms with Crippen molar-refractivity contribution in [2.75, 3.05) is 26.8 Å². The van der Waals surface area contributed by atoms with E-state index in [1.807, 2.05) is 6.20 Å². The van der Waals surface area contributed by atoms with Crippen molar-refractivity contribution in [3.63, 3.8) is 0 Å². The van der Waals surface area contributed by atoms with Crippen molar-refractivity contribution in [3.8, 4) is 0 Å². The van der Waals surface area contributed by atoms with Crippen LogP contribution in [0.1, 0.15) is 25.5 Å². The van der Waals surface area contributed by atoms with Gasteiger partial charge in [0.1, 0.15) is 6.54 Å². The highest BCUT2D eigenvalue weighted by Gasteiger charge is 2.03. The molecule has 0 saturated heterocycles. The summed E-state index contributed by atoms with van der Waals surface area (Å²) in [6.07, 6.45) is 5.53. The topological polar surface area (TPSA) is 68.2 Å². The Morgan fingerprint density at radius 1 is 1.47 bits per heavy atom. The molecule has 6 heteroatoms. The first kappa shape index (κ1) is 15.7. The molecular weight excluding hydrogens is 244 g/mol. The summed E-state index contributed by atoms with van der Waals surface area (Å²) in [5, 5.41) is 6.12. The molecule has 0 unspecified atom stereocenters. The van der Waals surface area contributed by atoms with E-state index in [2.05, 4.69) is 22.5 Å². The normalized spacial score (nSPS) is 10.6. The van der Waals surface area contributed by atoms with Crippen molar-refractivity contribution in [2.45, 2.75) is 32.9 Å². The number of imidazole rings is 1. The first-order valence-electron chi connectivity index (χ1n) is 6.73. The van der Waals surface area contributed by atoms with Gasteiger partial charge in [0.25, 0.3) is 0 Å². The van der Waals surface area contributed by atoms with Gasteiger partial charge in [-0.05, 0) is 19.4 Å². The minimum Gasteiger partial charge on any atom is -0.385 e. The van der Waals surface area contributed by atoms with Crippen LogP contribution < -0.4 is 10.6 Å². The van der Waals surface area contributed by atoms with Crippen LogP contribution in [0.25, 0.3) is 0 Å². The van der Waals surface area contributed by atoms with Crippen molar-refractivity contribution in [2.24, 2.45) is 0 Å². The molecule has 0 aliphatic heterocycles. The number of ether oxygens (including phenoxy) is 1. The van der Waals surface area contributed by atoms with E-state index in [0.717, 1.165) is 31.6 Å². The average Bonchev–Trinajstić information content (AvgIpc) is 2.83. The van der Waals surface area contributed by atoms with Crippen LogP contribution in [0.2, 0.25) is 0 Å². The summed E-state index contributed by atoms with van der Waals surface area (Å²) in [4.78, 5) is 15.9. The minimum atomic E-state index is 0.00145. The molecular formula is C13H24N4O2. The molecule has 1 aromatic rings. The van der Waals surface area contributed by atoms with E-state index in [-0.39, 0.29) is 5.91 Å². The second-order valence-electron chi connectivity index (χ2n) is 4.41. The van der Waals surface area contributed by atoms with Gasteiger partial charge in [0.15, 0.2) is 0 Å². The van der Waals surface area contributed by atoms with E-state index in [4.69, 9.17) is 4.74 Å². The first-order valence-corrected chi connectivity index (χ1v) is 6.73. The van der Waals surface area contributed by atoms with E-state index in [0.29, 0.717) is 19.7 Å². The summed E-state index contributed by atoms with van der Waals surface area (Å²) in [5.74, 6) is 0.00145. The molecule has 0 fully saturated rings. The van der Waals surface area contributed by atoms with Crippen LogP contribution in [0.5, 0.6) is 0 Å². The van der Waals surface area contributed by atoms with Gasteiger partial charge >= 0.3 is 0 Å². The fourth-order valence-corrected chi connectivity index (χ4v) is 1.64.